The molecule has 2 aromatic carbocycles. The number of hydrogen-bond acceptors (Lipinski definition) is 3. The van der Waals surface area contributed by atoms with Crippen molar-refractivity contribution in [3.63, 3.8) is 0 Å². The maximum absolute atomic E-state index is 13.0. The fraction of sp³-hybridized carbons (Fsp3) is 0.316. The van der Waals surface area contributed by atoms with Crippen LogP contribution in [0.5, 0.6) is 0 Å². The highest BCUT2D eigenvalue weighted by Gasteiger charge is 2.28. The van der Waals surface area contributed by atoms with Crippen LogP contribution in [0.2, 0.25) is 0 Å². The number of benzene rings is 2. The van der Waals surface area contributed by atoms with Crippen LogP contribution in [0, 0.1) is 5.82 Å². The standard InChI is InChI=1S/C19H23FN2O2/c1-19(2,24)13-22(3)17(14-7-5-4-6-8-14)18(23)21-16-11-9-15(20)10-12-16/h4-12,17,24H,13H2,1-3H3,(H,21,23). The van der Waals surface area contributed by atoms with E-state index in [1.165, 1.54) is 24.3 Å². The smallest absolute Gasteiger partial charge is 0.246 e. The van der Waals surface area contributed by atoms with Crippen LogP contribution in [-0.4, -0.2) is 35.1 Å². The first-order chi connectivity index (χ1) is 11.3. The summed E-state index contributed by atoms with van der Waals surface area (Å²) in [5.41, 5.74) is 0.417. The molecule has 2 aromatic rings. The van der Waals surface area contributed by atoms with Crippen LogP contribution in [-0.2, 0) is 4.79 Å². The molecule has 24 heavy (non-hydrogen) atoms. The van der Waals surface area contributed by atoms with E-state index in [1.807, 2.05) is 30.3 Å². The van der Waals surface area contributed by atoms with Gasteiger partial charge < -0.3 is 10.4 Å². The molecule has 0 heterocycles. The fourth-order valence-corrected chi connectivity index (χ4v) is 2.69. The Morgan fingerprint density at radius 3 is 2.29 bits per heavy atom. The van der Waals surface area contributed by atoms with Crippen molar-refractivity contribution >= 4 is 11.6 Å². The van der Waals surface area contributed by atoms with E-state index in [0.717, 1.165) is 5.56 Å². The molecule has 0 aliphatic rings. The highest BCUT2D eigenvalue weighted by atomic mass is 19.1. The molecular formula is C19H23FN2O2. The van der Waals surface area contributed by atoms with Crippen molar-refractivity contribution in [2.24, 2.45) is 0 Å². The topological polar surface area (TPSA) is 52.6 Å². The minimum absolute atomic E-state index is 0.237. The Kier molecular flexibility index (Phi) is 5.70. The van der Waals surface area contributed by atoms with E-state index in [0.29, 0.717) is 12.2 Å². The minimum Gasteiger partial charge on any atom is -0.389 e. The van der Waals surface area contributed by atoms with Crippen LogP contribution in [0.3, 0.4) is 0 Å². The zero-order valence-corrected chi connectivity index (χ0v) is 14.2. The molecule has 1 unspecified atom stereocenters. The molecule has 128 valence electrons. The van der Waals surface area contributed by atoms with Gasteiger partial charge in [-0.1, -0.05) is 30.3 Å². The van der Waals surface area contributed by atoms with Gasteiger partial charge in [-0.2, -0.15) is 0 Å². The maximum Gasteiger partial charge on any atom is 0.246 e. The third-order valence-electron chi connectivity index (χ3n) is 3.55. The molecule has 0 saturated heterocycles. The molecule has 0 bridgehead atoms. The van der Waals surface area contributed by atoms with Crippen LogP contribution >= 0.6 is 0 Å². The predicted octanol–water partition coefficient (Wildman–Crippen LogP) is 3.21. The number of rotatable bonds is 6. The van der Waals surface area contributed by atoms with Gasteiger partial charge in [0.15, 0.2) is 0 Å². The summed E-state index contributed by atoms with van der Waals surface area (Å²) < 4.78 is 13.0. The lowest BCUT2D eigenvalue weighted by Crippen LogP contribution is -2.42. The molecule has 4 nitrogen and oxygen atoms in total. The number of hydrogen-bond donors (Lipinski definition) is 2. The van der Waals surface area contributed by atoms with E-state index < -0.39 is 11.6 Å². The second kappa shape index (κ2) is 7.55. The van der Waals surface area contributed by atoms with Crippen molar-refractivity contribution in [3.05, 3.63) is 66.0 Å². The second-order valence-electron chi connectivity index (χ2n) is 6.54. The normalized spacial score (nSPS) is 12.9. The zero-order valence-electron chi connectivity index (χ0n) is 14.2. The highest BCUT2D eigenvalue weighted by Crippen LogP contribution is 2.23. The molecular weight excluding hydrogens is 307 g/mol. The molecule has 0 radical (unpaired) electrons. The third-order valence-corrected chi connectivity index (χ3v) is 3.55. The van der Waals surface area contributed by atoms with Gasteiger partial charge in [-0.15, -0.1) is 0 Å². The number of aliphatic hydroxyl groups is 1. The minimum atomic E-state index is -0.933. The Balaban J connectivity index is 2.24. The van der Waals surface area contributed by atoms with Gasteiger partial charge in [-0.3, -0.25) is 9.69 Å². The van der Waals surface area contributed by atoms with Crippen LogP contribution in [0.15, 0.2) is 54.6 Å². The number of nitrogens with zero attached hydrogens (tertiary/aromatic N) is 1. The van der Waals surface area contributed by atoms with Crippen LogP contribution in [0.1, 0.15) is 25.5 Å². The fourth-order valence-electron chi connectivity index (χ4n) is 2.69. The molecule has 1 atom stereocenters. The average Bonchev–Trinajstić information content (AvgIpc) is 2.49. The number of carbonyl (C=O) groups is 1. The van der Waals surface area contributed by atoms with E-state index in [-0.39, 0.29) is 11.7 Å². The molecule has 0 aliphatic heterocycles. The summed E-state index contributed by atoms with van der Waals surface area (Å²) >= 11 is 0. The molecule has 2 N–H and O–H groups in total. The lowest BCUT2D eigenvalue weighted by atomic mass is 10.0. The molecule has 0 fully saturated rings. The van der Waals surface area contributed by atoms with Crippen molar-refractivity contribution in [1.29, 1.82) is 0 Å². The monoisotopic (exact) mass is 330 g/mol. The molecule has 0 aliphatic carbocycles. The Bertz CT molecular complexity index is 666. The van der Waals surface area contributed by atoms with Gasteiger partial charge in [0, 0.05) is 12.2 Å². The van der Waals surface area contributed by atoms with E-state index in [1.54, 1.807) is 25.8 Å². The van der Waals surface area contributed by atoms with Crippen molar-refractivity contribution in [2.75, 3.05) is 18.9 Å². The predicted molar refractivity (Wildman–Crippen MR) is 93.1 cm³/mol. The van der Waals surface area contributed by atoms with Crippen molar-refractivity contribution < 1.29 is 14.3 Å². The summed E-state index contributed by atoms with van der Waals surface area (Å²) in [5.74, 6) is -0.591. The third kappa shape index (κ3) is 5.15. The number of nitrogens with one attached hydrogen (secondary N) is 1. The largest absolute Gasteiger partial charge is 0.389 e. The number of carbonyl (C=O) groups excluding carboxylic acids is 1. The Morgan fingerprint density at radius 2 is 1.75 bits per heavy atom. The highest BCUT2D eigenvalue weighted by molar-refractivity contribution is 5.95. The first kappa shape index (κ1) is 18.1. The second-order valence-corrected chi connectivity index (χ2v) is 6.54. The van der Waals surface area contributed by atoms with Crippen molar-refractivity contribution in [3.8, 4) is 0 Å². The molecule has 0 spiro atoms. The summed E-state index contributed by atoms with van der Waals surface area (Å²) in [6, 6.07) is 14.4. The Hall–Kier alpha value is -2.24. The van der Waals surface area contributed by atoms with Gasteiger partial charge in [0.2, 0.25) is 5.91 Å². The molecule has 0 saturated carbocycles. The first-order valence-corrected chi connectivity index (χ1v) is 7.80. The van der Waals surface area contributed by atoms with Crippen LogP contribution in [0.25, 0.3) is 0 Å². The van der Waals surface area contributed by atoms with Crippen LogP contribution < -0.4 is 5.32 Å². The number of likely N-dealkylation sites (N-methyl/N-ethyl adjacent to an activating group) is 1. The number of halogens is 1. The van der Waals surface area contributed by atoms with E-state index in [9.17, 15) is 14.3 Å². The molecule has 0 aromatic heterocycles. The van der Waals surface area contributed by atoms with E-state index in [2.05, 4.69) is 5.32 Å². The number of amides is 1. The SMILES string of the molecule is CN(CC(C)(C)O)C(C(=O)Nc1ccc(F)cc1)c1ccccc1. The van der Waals surface area contributed by atoms with Gasteiger partial charge in [-0.25, -0.2) is 4.39 Å². The van der Waals surface area contributed by atoms with Gasteiger partial charge in [0.1, 0.15) is 11.9 Å². The number of anilines is 1. The van der Waals surface area contributed by atoms with Gasteiger partial charge >= 0.3 is 0 Å². The molecule has 2 rings (SSSR count). The Labute approximate surface area is 141 Å². The van der Waals surface area contributed by atoms with Crippen molar-refractivity contribution in [1.82, 2.24) is 4.90 Å². The van der Waals surface area contributed by atoms with Gasteiger partial charge in [0.05, 0.1) is 5.60 Å². The quantitative estimate of drug-likeness (QED) is 0.855. The zero-order chi connectivity index (χ0) is 17.7. The van der Waals surface area contributed by atoms with Gasteiger partial charge in [-0.05, 0) is 50.7 Å². The van der Waals surface area contributed by atoms with E-state index >= 15 is 0 Å². The van der Waals surface area contributed by atoms with Gasteiger partial charge in [0.25, 0.3) is 0 Å². The summed E-state index contributed by atoms with van der Waals surface area (Å²) in [7, 11) is 1.79. The van der Waals surface area contributed by atoms with Crippen molar-refractivity contribution in [2.45, 2.75) is 25.5 Å². The lowest BCUT2D eigenvalue weighted by Gasteiger charge is -2.32. The average molecular weight is 330 g/mol. The molecule has 5 heteroatoms. The summed E-state index contributed by atoms with van der Waals surface area (Å²) in [5, 5.41) is 12.9. The Morgan fingerprint density at radius 1 is 1.17 bits per heavy atom. The first-order valence-electron chi connectivity index (χ1n) is 7.80. The summed E-state index contributed by atoms with van der Waals surface area (Å²) in [6.45, 7) is 3.72. The summed E-state index contributed by atoms with van der Waals surface area (Å²) in [6.07, 6.45) is 0. The van der Waals surface area contributed by atoms with E-state index in [4.69, 9.17) is 0 Å². The van der Waals surface area contributed by atoms with Crippen LogP contribution in [0.4, 0.5) is 10.1 Å². The summed E-state index contributed by atoms with van der Waals surface area (Å²) in [4.78, 5) is 14.6. The maximum atomic E-state index is 13.0. The molecule has 1 amide bonds. The lowest BCUT2D eigenvalue weighted by molar-refractivity contribution is -0.122.